The van der Waals surface area contributed by atoms with Crippen LogP contribution < -0.4 is 15.5 Å². The Morgan fingerprint density at radius 2 is 1.89 bits per heavy atom. The van der Waals surface area contributed by atoms with Gasteiger partial charge in [-0.05, 0) is 38.0 Å². The van der Waals surface area contributed by atoms with E-state index >= 15 is 0 Å². The van der Waals surface area contributed by atoms with E-state index < -0.39 is 5.97 Å². The minimum absolute atomic E-state index is 0.231. The van der Waals surface area contributed by atoms with E-state index in [2.05, 4.69) is 27.4 Å². The molecule has 0 bridgehead atoms. The number of nitrogens with one attached hydrogen (secondary N) is 2. The van der Waals surface area contributed by atoms with E-state index in [1.807, 2.05) is 6.07 Å². The molecule has 2 saturated heterocycles. The Balaban J connectivity index is 1.64. The molecule has 3 rings (SSSR count). The SMILES string of the molecule is COC(=O)c1ccc(N2CCCC2)c(NC(=O)NCC(C)N2CCOCC2)c1. The normalized spacial score (nSPS) is 18.6. The third-order valence-electron chi connectivity index (χ3n) is 5.34. The number of nitrogens with zero attached hydrogens (tertiary/aromatic N) is 2. The number of carbonyl (C=O) groups excluding carboxylic acids is 2. The second kappa shape index (κ2) is 9.75. The fraction of sp³-hybridized carbons (Fsp3) is 0.600. The van der Waals surface area contributed by atoms with Gasteiger partial charge in [-0.1, -0.05) is 0 Å². The summed E-state index contributed by atoms with van der Waals surface area (Å²) in [6.07, 6.45) is 2.25. The summed E-state index contributed by atoms with van der Waals surface area (Å²) in [4.78, 5) is 28.9. The molecule has 2 aliphatic rings. The van der Waals surface area contributed by atoms with E-state index in [-0.39, 0.29) is 12.1 Å². The standard InChI is InChI=1S/C20H30N4O4/c1-15(23-9-11-28-12-10-23)14-21-20(26)22-17-13-16(19(25)27-2)5-6-18(17)24-7-3-4-8-24/h5-6,13,15H,3-4,7-12,14H2,1-2H3,(H2,21,22,26). The van der Waals surface area contributed by atoms with Crippen LogP contribution in [-0.4, -0.2) is 76.0 Å². The Kier molecular flexibility index (Phi) is 7.11. The molecule has 0 aromatic heterocycles. The second-order valence-electron chi connectivity index (χ2n) is 7.25. The highest BCUT2D eigenvalue weighted by Crippen LogP contribution is 2.30. The number of hydrogen-bond acceptors (Lipinski definition) is 6. The van der Waals surface area contributed by atoms with Gasteiger partial charge in [0.15, 0.2) is 0 Å². The van der Waals surface area contributed by atoms with E-state index in [4.69, 9.17) is 9.47 Å². The van der Waals surface area contributed by atoms with E-state index in [1.165, 1.54) is 7.11 Å². The van der Waals surface area contributed by atoms with Crippen LogP contribution in [0.1, 0.15) is 30.1 Å². The van der Waals surface area contributed by atoms with Crippen molar-refractivity contribution in [1.29, 1.82) is 0 Å². The maximum atomic E-state index is 12.5. The van der Waals surface area contributed by atoms with Gasteiger partial charge < -0.3 is 25.0 Å². The van der Waals surface area contributed by atoms with Crippen molar-refractivity contribution in [3.8, 4) is 0 Å². The Hall–Kier alpha value is -2.32. The van der Waals surface area contributed by atoms with Gasteiger partial charge in [0.1, 0.15) is 0 Å². The van der Waals surface area contributed by atoms with E-state index in [9.17, 15) is 9.59 Å². The molecule has 1 aromatic carbocycles. The van der Waals surface area contributed by atoms with Crippen LogP contribution in [0.3, 0.4) is 0 Å². The molecule has 1 unspecified atom stereocenters. The highest BCUT2D eigenvalue weighted by molar-refractivity contribution is 5.97. The molecule has 2 fully saturated rings. The molecule has 2 amide bonds. The number of urea groups is 1. The summed E-state index contributed by atoms with van der Waals surface area (Å²) >= 11 is 0. The molecule has 28 heavy (non-hydrogen) atoms. The van der Waals surface area contributed by atoms with E-state index in [0.717, 1.165) is 57.9 Å². The number of ether oxygens (including phenoxy) is 2. The van der Waals surface area contributed by atoms with Gasteiger partial charge in [-0.2, -0.15) is 0 Å². The van der Waals surface area contributed by atoms with Crippen LogP contribution in [-0.2, 0) is 9.47 Å². The fourth-order valence-electron chi connectivity index (χ4n) is 3.67. The van der Waals surface area contributed by atoms with Crippen LogP contribution in [0.5, 0.6) is 0 Å². The third kappa shape index (κ3) is 5.14. The summed E-state index contributed by atoms with van der Waals surface area (Å²) in [6.45, 7) is 7.76. The van der Waals surface area contributed by atoms with Gasteiger partial charge in [-0.15, -0.1) is 0 Å². The van der Waals surface area contributed by atoms with Crippen LogP contribution >= 0.6 is 0 Å². The maximum Gasteiger partial charge on any atom is 0.337 e. The molecule has 0 saturated carbocycles. The summed E-state index contributed by atoms with van der Waals surface area (Å²) in [5.41, 5.74) is 1.98. The lowest BCUT2D eigenvalue weighted by molar-refractivity contribution is 0.0209. The highest BCUT2D eigenvalue weighted by atomic mass is 16.5. The van der Waals surface area contributed by atoms with Crippen LogP contribution in [0.15, 0.2) is 18.2 Å². The topological polar surface area (TPSA) is 83.1 Å². The lowest BCUT2D eigenvalue weighted by atomic mass is 10.1. The van der Waals surface area contributed by atoms with Crippen molar-refractivity contribution >= 4 is 23.4 Å². The third-order valence-corrected chi connectivity index (χ3v) is 5.34. The zero-order chi connectivity index (χ0) is 19.9. The van der Waals surface area contributed by atoms with E-state index in [0.29, 0.717) is 17.8 Å². The van der Waals surface area contributed by atoms with Crippen LogP contribution in [0, 0.1) is 0 Å². The average Bonchev–Trinajstić information content (AvgIpc) is 3.26. The first-order chi connectivity index (χ1) is 13.6. The molecule has 2 heterocycles. The van der Waals surface area contributed by atoms with Crippen molar-refractivity contribution in [2.75, 3.05) is 63.3 Å². The molecule has 1 atom stereocenters. The monoisotopic (exact) mass is 390 g/mol. The van der Waals surface area contributed by atoms with Gasteiger partial charge in [0.2, 0.25) is 0 Å². The van der Waals surface area contributed by atoms with Gasteiger partial charge in [-0.3, -0.25) is 4.90 Å². The number of carbonyl (C=O) groups is 2. The largest absolute Gasteiger partial charge is 0.465 e. The second-order valence-corrected chi connectivity index (χ2v) is 7.25. The molecular weight excluding hydrogens is 360 g/mol. The number of amides is 2. The summed E-state index contributed by atoms with van der Waals surface area (Å²) in [7, 11) is 1.35. The van der Waals surface area contributed by atoms with Crippen molar-refractivity contribution in [3.63, 3.8) is 0 Å². The van der Waals surface area contributed by atoms with Gasteiger partial charge in [-0.25, -0.2) is 9.59 Å². The van der Waals surface area contributed by atoms with Gasteiger partial charge in [0.25, 0.3) is 0 Å². The van der Waals surface area contributed by atoms with Crippen molar-refractivity contribution in [2.45, 2.75) is 25.8 Å². The number of benzene rings is 1. The lowest BCUT2D eigenvalue weighted by Crippen LogP contribution is -2.47. The number of rotatable bonds is 6. The first-order valence-electron chi connectivity index (χ1n) is 9.92. The van der Waals surface area contributed by atoms with Gasteiger partial charge in [0.05, 0.1) is 37.3 Å². The Morgan fingerprint density at radius 3 is 2.57 bits per heavy atom. The molecule has 8 nitrogen and oxygen atoms in total. The number of methoxy groups -OCH3 is 1. The zero-order valence-electron chi connectivity index (χ0n) is 16.7. The molecule has 2 N–H and O–H groups in total. The van der Waals surface area contributed by atoms with Gasteiger partial charge >= 0.3 is 12.0 Å². The zero-order valence-corrected chi connectivity index (χ0v) is 16.7. The number of anilines is 2. The molecule has 0 radical (unpaired) electrons. The summed E-state index contributed by atoms with van der Waals surface area (Å²) < 4.78 is 10.2. The minimum atomic E-state index is -0.419. The van der Waals surface area contributed by atoms with Crippen LogP contribution in [0.2, 0.25) is 0 Å². The Labute approximate surface area is 166 Å². The first kappa shape index (κ1) is 20.4. The Bertz CT molecular complexity index is 685. The average molecular weight is 390 g/mol. The molecule has 1 aromatic rings. The first-order valence-corrected chi connectivity index (χ1v) is 9.92. The Morgan fingerprint density at radius 1 is 1.18 bits per heavy atom. The molecule has 0 spiro atoms. The van der Waals surface area contributed by atoms with Crippen molar-refractivity contribution in [2.24, 2.45) is 0 Å². The molecule has 0 aliphatic carbocycles. The van der Waals surface area contributed by atoms with Crippen LogP contribution in [0.4, 0.5) is 16.2 Å². The number of morpholine rings is 1. The lowest BCUT2D eigenvalue weighted by Gasteiger charge is -2.32. The number of hydrogen-bond donors (Lipinski definition) is 2. The fourth-order valence-corrected chi connectivity index (χ4v) is 3.67. The smallest absolute Gasteiger partial charge is 0.337 e. The van der Waals surface area contributed by atoms with E-state index in [1.54, 1.807) is 12.1 Å². The van der Waals surface area contributed by atoms with Crippen LogP contribution in [0.25, 0.3) is 0 Å². The number of esters is 1. The predicted octanol–water partition coefficient (Wildman–Crippen LogP) is 1.92. The molecule has 2 aliphatic heterocycles. The van der Waals surface area contributed by atoms with Crippen molar-refractivity contribution in [1.82, 2.24) is 10.2 Å². The minimum Gasteiger partial charge on any atom is -0.465 e. The molecular formula is C20H30N4O4. The quantitative estimate of drug-likeness (QED) is 0.722. The molecule has 8 heteroatoms. The predicted molar refractivity (Wildman–Crippen MR) is 108 cm³/mol. The highest BCUT2D eigenvalue weighted by Gasteiger charge is 2.20. The van der Waals surface area contributed by atoms with Crippen molar-refractivity contribution in [3.05, 3.63) is 23.8 Å². The molecule has 154 valence electrons. The summed E-state index contributed by atoms with van der Waals surface area (Å²) in [6, 6.07) is 5.26. The summed E-state index contributed by atoms with van der Waals surface area (Å²) in [5, 5.41) is 5.86. The van der Waals surface area contributed by atoms with Gasteiger partial charge in [0, 0.05) is 38.8 Å². The summed E-state index contributed by atoms with van der Waals surface area (Å²) in [5.74, 6) is -0.419. The van der Waals surface area contributed by atoms with Crippen molar-refractivity contribution < 1.29 is 19.1 Å². The maximum absolute atomic E-state index is 12.5.